The minimum Gasteiger partial charge on any atom is -0.373 e. The molecule has 198 valence electrons. The summed E-state index contributed by atoms with van der Waals surface area (Å²) >= 11 is 0. The molecular formula is C27H57NO4P+. The molecule has 0 spiro atoms. The molecule has 0 aromatic heterocycles. The Hall–Kier alpha value is -0.190. The highest BCUT2D eigenvalue weighted by Gasteiger charge is 2.48. The Labute approximate surface area is 205 Å². The van der Waals surface area contributed by atoms with E-state index in [2.05, 4.69) is 19.1 Å². The summed E-state index contributed by atoms with van der Waals surface area (Å²) in [6, 6.07) is 0. The van der Waals surface area contributed by atoms with Crippen LogP contribution in [-0.2, 0) is 4.57 Å². The standard InChI is InChI=1S/C27H56NO4P/c1-5-6-7-8-9-10-11-12-13-14-15-16-17-18-19-20-21-22-23-24-25-27(29,33(30,31)32)26-28(2,3)4/h9-10,29H,5-8,11-26H2,1-4H3,(H-,30,31,32)/p+1/b10-9-. The lowest BCUT2D eigenvalue weighted by molar-refractivity contribution is -0.875. The van der Waals surface area contributed by atoms with Gasteiger partial charge in [-0.15, -0.1) is 0 Å². The molecule has 6 heteroatoms. The number of hydrogen-bond donors (Lipinski definition) is 3. The maximum Gasteiger partial charge on any atom is 0.362 e. The molecule has 0 bridgehead atoms. The van der Waals surface area contributed by atoms with Gasteiger partial charge in [-0.25, -0.2) is 0 Å². The maximum absolute atomic E-state index is 11.8. The van der Waals surface area contributed by atoms with Crippen LogP contribution in [0.2, 0.25) is 0 Å². The van der Waals surface area contributed by atoms with Crippen LogP contribution in [0.1, 0.15) is 129 Å². The first-order valence-corrected chi connectivity index (χ1v) is 15.4. The topological polar surface area (TPSA) is 77.8 Å². The van der Waals surface area contributed by atoms with Gasteiger partial charge in [0, 0.05) is 0 Å². The van der Waals surface area contributed by atoms with Crippen LogP contribution in [0, 0.1) is 0 Å². The molecule has 1 atom stereocenters. The zero-order chi connectivity index (χ0) is 25.1. The van der Waals surface area contributed by atoms with Gasteiger partial charge < -0.3 is 19.4 Å². The number of nitrogens with zero attached hydrogens (tertiary/aromatic N) is 1. The third-order valence-corrected chi connectivity index (χ3v) is 7.81. The van der Waals surface area contributed by atoms with E-state index in [4.69, 9.17) is 0 Å². The minimum atomic E-state index is -4.54. The van der Waals surface area contributed by atoms with E-state index in [0.29, 0.717) is 10.9 Å². The fourth-order valence-corrected chi connectivity index (χ4v) is 5.50. The SMILES string of the molecule is CCCCC/C=C\CCCCCCCCCCCCCCCC(O)(C[N+](C)(C)C)P(=O)(O)O. The average molecular weight is 491 g/mol. The van der Waals surface area contributed by atoms with Crippen LogP contribution in [0.25, 0.3) is 0 Å². The fourth-order valence-electron chi connectivity index (χ4n) is 4.44. The Balaban J connectivity index is 3.53. The Morgan fingerprint density at radius 1 is 0.667 bits per heavy atom. The van der Waals surface area contributed by atoms with Crippen LogP contribution in [0.4, 0.5) is 0 Å². The van der Waals surface area contributed by atoms with Crippen molar-refractivity contribution < 1.29 is 23.9 Å². The van der Waals surface area contributed by atoms with Crippen molar-refractivity contribution in [2.45, 2.75) is 134 Å². The summed E-state index contributed by atoms with van der Waals surface area (Å²) in [5, 5.41) is 8.65. The second-order valence-electron chi connectivity index (χ2n) is 11.1. The van der Waals surface area contributed by atoms with E-state index >= 15 is 0 Å². The van der Waals surface area contributed by atoms with Crippen molar-refractivity contribution in [3.8, 4) is 0 Å². The quantitative estimate of drug-likeness (QED) is 0.0598. The highest BCUT2D eigenvalue weighted by Crippen LogP contribution is 2.52. The molecule has 0 aromatic rings. The van der Waals surface area contributed by atoms with Gasteiger partial charge in [0.05, 0.1) is 21.1 Å². The first-order chi connectivity index (χ1) is 15.5. The smallest absolute Gasteiger partial charge is 0.362 e. The number of likely N-dealkylation sites (N-methyl/N-ethyl adjacent to an activating group) is 1. The first kappa shape index (κ1) is 32.8. The summed E-state index contributed by atoms with van der Waals surface area (Å²) in [5.74, 6) is 0. The molecule has 0 saturated heterocycles. The van der Waals surface area contributed by atoms with E-state index < -0.39 is 12.9 Å². The number of allylic oxidation sites excluding steroid dienone is 2. The predicted molar refractivity (Wildman–Crippen MR) is 142 cm³/mol. The third kappa shape index (κ3) is 19.8. The zero-order valence-electron chi connectivity index (χ0n) is 22.4. The molecule has 3 N–H and O–H groups in total. The molecule has 0 rings (SSSR count). The lowest BCUT2D eigenvalue weighted by Crippen LogP contribution is -2.49. The number of unbranched alkanes of at least 4 members (excludes halogenated alkanes) is 16. The van der Waals surface area contributed by atoms with Gasteiger partial charge in [-0.2, -0.15) is 0 Å². The number of hydrogen-bond acceptors (Lipinski definition) is 2. The van der Waals surface area contributed by atoms with E-state index in [1.54, 1.807) is 0 Å². The lowest BCUT2D eigenvalue weighted by atomic mass is 10.0. The Bertz CT molecular complexity index is 527. The van der Waals surface area contributed by atoms with Crippen molar-refractivity contribution in [2.75, 3.05) is 27.7 Å². The normalized spacial score (nSPS) is 14.8. The van der Waals surface area contributed by atoms with Gasteiger partial charge in [0.1, 0.15) is 6.54 Å². The number of aliphatic hydroxyl groups is 1. The minimum absolute atomic E-state index is 0.0629. The van der Waals surface area contributed by atoms with Crippen molar-refractivity contribution >= 4 is 7.60 Å². The van der Waals surface area contributed by atoms with Crippen molar-refractivity contribution in [1.29, 1.82) is 0 Å². The van der Waals surface area contributed by atoms with Crippen molar-refractivity contribution in [1.82, 2.24) is 0 Å². The molecule has 0 aliphatic rings. The molecule has 0 fully saturated rings. The van der Waals surface area contributed by atoms with E-state index in [0.717, 1.165) is 12.8 Å². The summed E-state index contributed by atoms with van der Waals surface area (Å²) in [7, 11) is 0.986. The average Bonchev–Trinajstić information content (AvgIpc) is 2.70. The van der Waals surface area contributed by atoms with Gasteiger partial charge in [0.2, 0.25) is 5.34 Å². The highest BCUT2D eigenvalue weighted by molar-refractivity contribution is 7.53. The summed E-state index contributed by atoms with van der Waals surface area (Å²) in [6.45, 7) is 2.32. The molecule has 33 heavy (non-hydrogen) atoms. The van der Waals surface area contributed by atoms with Gasteiger partial charge in [0.25, 0.3) is 0 Å². The Kier molecular flexibility index (Phi) is 18.9. The molecule has 5 nitrogen and oxygen atoms in total. The third-order valence-electron chi connectivity index (χ3n) is 6.36. The van der Waals surface area contributed by atoms with E-state index in [9.17, 15) is 19.5 Å². The molecular weight excluding hydrogens is 433 g/mol. The van der Waals surface area contributed by atoms with Crippen molar-refractivity contribution in [3.63, 3.8) is 0 Å². The van der Waals surface area contributed by atoms with E-state index in [1.165, 1.54) is 96.3 Å². The van der Waals surface area contributed by atoms with Crippen LogP contribution < -0.4 is 0 Å². The van der Waals surface area contributed by atoms with Crippen LogP contribution in [0.5, 0.6) is 0 Å². The monoisotopic (exact) mass is 490 g/mol. The van der Waals surface area contributed by atoms with Crippen LogP contribution in [-0.4, -0.2) is 52.4 Å². The summed E-state index contributed by atoms with van der Waals surface area (Å²) in [6.07, 6.45) is 27.3. The van der Waals surface area contributed by atoms with E-state index in [1.807, 2.05) is 21.1 Å². The van der Waals surface area contributed by atoms with Crippen molar-refractivity contribution in [2.24, 2.45) is 0 Å². The lowest BCUT2D eigenvalue weighted by Gasteiger charge is -2.35. The number of quaternary nitrogens is 1. The van der Waals surface area contributed by atoms with Crippen LogP contribution in [0.15, 0.2) is 12.2 Å². The van der Waals surface area contributed by atoms with Gasteiger partial charge in [0.15, 0.2) is 0 Å². The predicted octanol–water partition coefficient (Wildman–Crippen LogP) is 7.55. The van der Waals surface area contributed by atoms with E-state index in [-0.39, 0.29) is 13.0 Å². The largest absolute Gasteiger partial charge is 0.373 e. The highest BCUT2D eigenvalue weighted by atomic mass is 31.2. The van der Waals surface area contributed by atoms with Crippen molar-refractivity contribution in [3.05, 3.63) is 12.2 Å². The van der Waals surface area contributed by atoms with Crippen LogP contribution in [0.3, 0.4) is 0 Å². The molecule has 0 aliphatic carbocycles. The molecule has 0 aliphatic heterocycles. The van der Waals surface area contributed by atoms with Gasteiger partial charge in [-0.05, 0) is 38.5 Å². The second kappa shape index (κ2) is 19.1. The number of rotatable bonds is 23. The molecule has 0 saturated carbocycles. The van der Waals surface area contributed by atoms with Gasteiger partial charge in [-0.3, -0.25) is 4.57 Å². The molecule has 0 aromatic carbocycles. The Morgan fingerprint density at radius 2 is 1.03 bits per heavy atom. The molecule has 0 amide bonds. The van der Waals surface area contributed by atoms with Crippen LogP contribution >= 0.6 is 7.60 Å². The zero-order valence-corrected chi connectivity index (χ0v) is 23.3. The Morgan fingerprint density at radius 3 is 1.39 bits per heavy atom. The second-order valence-corrected chi connectivity index (χ2v) is 13.0. The summed E-state index contributed by atoms with van der Waals surface area (Å²) in [5.41, 5.74) is 0. The molecule has 0 heterocycles. The molecule has 1 unspecified atom stereocenters. The summed E-state index contributed by atoms with van der Waals surface area (Å²) in [4.78, 5) is 19.2. The first-order valence-electron chi connectivity index (χ1n) is 13.8. The summed E-state index contributed by atoms with van der Waals surface area (Å²) < 4.78 is 12.1. The maximum atomic E-state index is 11.8. The van der Waals surface area contributed by atoms with Gasteiger partial charge >= 0.3 is 7.60 Å². The molecule has 0 radical (unpaired) electrons. The fraction of sp³-hybridized carbons (Fsp3) is 0.926. The van der Waals surface area contributed by atoms with Gasteiger partial charge in [-0.1, -0.05) is 103 Å².